The fourth-order valence-electron chi connectivity index (χ4n) is 1.52. The van der Waals surface area contributed by atoms with Gasteiger partial charge in [-0.25, -0.2) is 4.79 Å². The van der Waals surface area contributed by atoms with Crippen molar-refractivity contribution in [3.8, 4) is 0 Å². The maximum atomic E-state index is 11.9. The Hall–Kier alpha value is -2.28. The number of aromatic nitrogens is 3. The fourth-order valence-corrected chi connectivity index (χ4v) is 1.66. The molecule has 1 aromatic carbocycles. The molecule has 0 aliphatic heterocycles. The number of carbonyl (C=O) groups excluding carboxylic acids is 1. The second kappa shape index (κ2) is 6.76. The van der Waals surface area contributed by atoms with E-state index in [0.717, 1.165) is 6.42 Å². The van der Waals surface area contributed by atoms with Crippen molar-refractivity contribution in [2.24, 2.45) is 5.10 Å². The van der Waals surface area contributed by atoms with E-state index in [2.05, 4.69) is 15.3 Å². The van der Waals surface area contributed by atoms with Crippen molar-refractivity contribution in [1.82, 2.24) is 14.9 Å². The summed E-state index contributed by atoms with van der Waals surface area (Å²) in [6, 6.07) is 7.10. The number of hydrogen-bond donors (Lipinski definition) is 1. The standard InChI is InChI=1S/C13H14N4O2S/c1-2-7-19-12(18)11-6-4-3-5-10(11)8-15-17-9-14-16-13(17)20/h3-6,8-9H,2,7H2,1H3,(H,16,20)/b15-8-. The number of benzene rings is 1. The van der Waals surface area contributed by atoms with Crippen molar-refractivity contribution >= 4 is 24.4 Å². The van der Waals surface area contributed by atoms with Gasteiger partial charge in [0.1, 0.15) is 6.33 Å². The van der Waals surface area contributed by atoms with Gasteiger partial charge < -0.3 is 4.74 Å². The molecule has 0 aliphatic rings. The van der Waals surface area contributed by atoms with Crippen LogP contribution in [0.25, 0.3) is 0 Å². The van der Waals surface area contributed by atoms with E-state index >= 15 is 0 Å². The van der Waals surface area contributed by atoms with E-state index in [-0.39, 0.29) is 5.97 Å². The maximum Gasteiger partial charge on any atom is 0.338 e. The van der Waals surface area contributed by atoms with Crippen LogP contribution in [0.4, 0.5) is 0 Å². The molecule has 0 amide bonds. The maximum absolute atomic E-state index is 11.9. The second-order valence-corrected chi connectivity index (χ2v) is 4.36. The highest BCUT2D eigenvalue weighted by molar-refractivity contribution is 7.71. The van der Waals surface area contributed by atoms with E-state index in [1.807, 2.05) is 13.0 Å². The Morgan fingerprint density at radius 2 is 2.35 bits per heavy atom. The lowest BCUT2D eigenvalue weighted by atomic mass is 10.1. The molecule has 0 radical (unpaired) electrons. The van der Waals surface area contributed by atoms with Crippen molar-refractivity contribution in [3.05, 3.63) is 46.5 Å². The van der Waals surface area contributed by atoms with Crippen molar-refractivity contribution < 1.29 is 9.53 Å². The van der Waals surface area contributed by atoms with Crippen LogP contribution in [0.1, 0.15) is 29.3 Å². The highest BCUT2D eigenvalue weighted by atomic mass is 32.1. The summed E-state index contributed by atoms with van der Waals surface area (Å²) in [6.07, 6.45) is 3.79. The van der Waals surface area contributed by atoms with Crippen LogP contribution in [-0.4, -0.2) is 33.7 Å². The van der Waals surface area contributed by atoms with Crippen LogP contribution in [-0.2, 0) is 4.74 Å². The molecule has 6 nitrogen and oxygen atoms in total. The minimum absolute atomic E-state index is 0.357. The first-order valence-corrected chi connectivity index (χ1v) is 6.55. The molecule has 0 spiro atoms. The van der Waals surface area contributed by atoms with Crippen LogP contribution >= 0.6 is 12.2 Å². The molecule has 104 valence electrons. The van der Waals surface area contributed by atoms with Gasteiger partial charge in [-0.05, 0) is 24.7 Å². The Bertz CT molecular complexity index is 675. The van der Waals surface area contributed by atoms with Crippen LogP contribution < -0.4 is 0 Å². The van der Waals surface area contributed by atoms with Crippen molar-refractivity contribution in [2.75, 3.05) is 6.61 Å². The third-order valence-corrected chi connectivity index (χ3v) is 2.75. The van der Waals surface area contributed by atoms with Gasteiger partial charge in [-0.15, -0.1) is 0 Å². The number of hydrogen-bond acceptors (Lipinski definition) is 5. The minimum Gasteiger partial charge on any atom is -0.462 e. The first-order valence-electron chi connectivity index (χ1n) is 6.15. The first-order chi connectivity index (χ1) is 9.72. The highest BCUT2D eigenvalue weighted by Crippen LogP contribution is 2.08. The summed E-state index contributed by atoms with van der Waals surface area (Å²) in [5.74, 6) is -0.357. The van der Waals surface area contributed by atoms with Gasteiger partial charge in [0.2, 0.25) is 4.77 Å². The van der Waals surface area contributed by atoms with Crippen LogP contribution in [0.15, 0.2) is 35.7 Å². The van der Waals surface area contributed by atoms with Gasteiger partial charge in [0.15, 0.2) is 0 Å². The van der Waals surface area contributed by atoms with E-state index in [1.54, 1.807) is 24.4 Å². The molecule has 1 N–H and O–H groups in total. The van der Waals surface area contributed by atoms with Crippen LogP contribution in [0.3, 0.4) is 0 Å². The zero-order chi connectivity index (χ0) is 14.4. The molecule has 0 atom stereocenters. The van der Waals surface area contributed by atoms with E-state index in [4.69, 9.17) is 17.0 Å². The number of nitrogens with one attached hydrogen (secondary N) is 1. The lowest BCUT2D eigenvalue weighted by Gasteiger charge is -2.05. The molecule has 7 heteroatoms. The predicted octanol–water partition coefficient (Wildman–Crippen LogP) is 2.39. The zero-order valence-corrected chi connectivity index (χ0v) is 11.8. The molecule has 0 aliphatic carbocycles. The largest absolute Gasteiger partial charge is 0.462 e. The van der Waals surface area contributed by atoms with Crippen molar-refractivity contribution in [3.63, 3.8) is 0 Å². The molecule has 0 saturated carbocycles. The average molecular weight is 290 g/mol. The highest BCUT2D eigenvalue weighted by Gasteiger charge is 2.10. The summed E-state index contributed by atoms with van der Waals surface area (Å²) in [5.41, 5.74) is 1.14. The summed E-state index contributed by atoms with van der Waals surface area (Å²) in [6.45, 7) is 2.35. The molecule has 2 aromatic rings. The Balaban J connectivity index is 2.24. The SMILES string of the molecule is CCCOC(=O)c1ccccc1/C=N\n1cn[nH]c1=S. The van der Waals surface area contributed by atoms with Gasteiger partial charge >= 0.3 is 5.97 Å². The fraction of sp³-hybridized carbons (Fsp3) is 0.231. The van der Waals surface area contributed by atoms with Crippen molar-refractivity contribution in [2.45, 2.75) is 13.3 Å². The van der Waals surface area contributed by atoms with Gasteiger partial charge in [0, 0.05) is 5.56 Å². The van der Waals surface area contributed by atoms with Crippen molar-refractivity contribution in [1.29, 1.82) is 0 Å². The van der Waals surface area contributed by atoms with E-state index in [0.29, 0.717) is 22.5 Å². The predicted molar refractivity (Wildman–Crippen MR) is 77.4 cm³/mol. The normalized spacial score (nSPS) is 10.8. The molecule has 0 saturated heterocycles. The number of rotatable bonds is 5. The minimum atomic E-state index is -0.357. The van der Waals surface area contributed by atoms with E-state index in [9.17, 15) is 4.79 Å². The van der Waals surface area contributed by atoms with Crippen LogP contribution in [0, 0.1) is 4.77 Å². The third kappa shape index (κ3) is 3.39. The Kier molecular flexibility index (Phi) is 4.78. The van der Waals surface area contributed by atoms with E-state index in [1.165, 1.54) is 11.0 Å². The molecule has 1 heterocycles. The second-order valence-electron chi connectivity index (χ2n) is 3.97. The topological polar surface area (TPSA) is 72.3 Å². The molecule has 0 fully saturated rings. The molecule has 0 bridgehead atoms. The molecule has 2 rings (SSSR count). The Morgan fingerprint density at radius 1 is 1.55 bits per heavy atom. The summed E-state index contributed by atoms with van der Waals surface area (Å²) >= 11 is 4.98. The summed E-state index contributed by atoms with van der Waals surface area (Å²) in [4.78, 5) is 11.9. The number of H-pyrrole nitrogens is 1. The number of carbonyl (C=O) groups is 1. The first kappa shape index (κ1) is 14.1. The summed E-state index contributed by atoms with van der Waals surface area (Å²) in [5, 5.41) is 10.5. The molecule has 1 aromatic heterocycles. The number of esters is 1. The lowest BCUT2D eigenvalue weighted by molar-refractivity contribution is 0.0505. The summed E-state index contributed by atoms with van der Waals surface area (Å²) in [7, 11) is 0. The van der Waals surface area contributed by atoms with Crippen LogP contribution in [0.5, 0.6) is 0 Å². The zero-order valence-electron chi connectivity index (χ0n) is 10.9. The monoisotopic (exact) mass is 290 g/mol. The molecular formula is C13H14N4O2S. The Labute approximate surface area is 121 Å². The average Bonchev–Trinajstić information content (AvgIpc) is 2.88. The Morgan fingerprint density at radius 3 is 3.05 bits per heavy atom. The van der Waals surface area contributed by atoms with Gasteiger partial charge in [-0.3, -0.25) is 5.10 Å². The van der Waals surface area contributed by atoms with Gasteiger partial charge in [0.05, 0.1) is 18.4 Å². The summed E-state index contributed by atoms with van der Waals surface area (Å²) < 4.78 is 6.92. The lowest BCUT2D eigenvalue weighted by Crippen LogP contribution is -2.09. The molecule has 0 unspecified atom stereocenters. The van der Waals surface area contributed by atoms with Gasteiger partial charge in [-0.2, -0.15) is 14.9 Å². The van der Waals surface area contributed by atoms with Gasteiger partial charge in [0.25, 0.3) is 0 Å². The number of ether oxygens (including phenoxy) is 1. The number of aromatic amines is 1. The molecular weight excluding hydrogens is 276 g/mol. The third-order valence-electron chi connectivity index (χ3n) is 2.47. The van der Waals surface area contributed by atoms with Crippen LogP contribution in [0.2, 0.25) is 0 Å². The smallest absolute Gasteiger partial charge is 0.338 e. The molecule has 20 heavy (non-hydrogen) atoms. The van der Waals surface area contributed by atoms with Gasteiger partial charge in [-0.1, -0.05) is 25.1 Å². The van der Waals surface area contributed by atoms with E-state index < -0.39 is 0 Å². The number of nitrogens with zero attached hydrogens (tertiary/aromatic N) is 3. The quantitative estimate of drug-likeness (QED) is 0.521.